The normalized spacial score (nSPS) is 26.4. The summed E-state index contributed by atoms with van der Waals surface area (Å²) < 4.78 is 0. The SMILES string of the molecule is CN(C(=O)CN1C(=O)NC2(CCCCC2)C1=O)C1CCC(c2ccccc2)CC1. The number of amides is 4. The number of imide groups is 1. The molecule has 1 aromatic carbocycles. The van der Waals surface area contributed by atoms with Gasteiger partial charge in [0.1, 0.15) is 12.1 Å². The highest BCUT2D eigenvalue weighted by atomic mass is 16.2. The Hall–Kier alpha value is -2.37. The van der Waals surface area contributed by atoms with Crippen molar-refractivity contribution in [2.24, 2.45) is 0 Å². The van der Waals surface area contributed by atoms with Crippen molar-refractivity contribution in [3.63, 3.8) is 0 Å². The Morgan fingerprint density at radius 1 is 1.07 bits per heavy atom. The van der Waals surface area contributed by atoms with Gasteiger partial charge in [0, 0.05) is 13.1 Å². The molecule has 6 nitrogen and oxygen atoms in total. The van der Waals surface area contributed by atoms with E-state index in [1.807, 2.05) is 13.1 Å². The Bertz CT molecular complexity index is 765. The molecule has 29 heavy (non-hydrogen) atoms. The molecule has 0 atom stereocenters. The number of hydrogen-bond acceptors (Lipinski definition) is 3. The Morgan fingerprint density at radius 3 is 2.38 bits per heavy atom. The number of hydrogen-bond donors (Lipinski definition) is 1. The first-order valence-electron chi connectivity index (χ1n) is 10.9. The number of urea groups is 1. The zero-order valence-corrected chi connectivity index (χ0v) is 17.2. The largest absolute Gasteiger partial charge is 0.341 e. The minimum absolute atomic E-state index is 0.149. The molecular formula is C23H31N3O3. The molecule has 1 spiro atoms. The van der Waals surface area contributed by atoms with Crippen LogP contribution in [0.1, 0.15) is 69.3 Å². The van der Waals surface area contributed by atoms with E-state index in [1.165, 1.54) is 5.56 Å². The Morgan fingerprint density at radius 2 is 1.72 bits per heavy atom. The van der Waals surface area contributed by atoms with Crippen molar-refractivity contribution in [1.29, 1.82) is 0 Å². The van der Waals surface area contributed by atoms with E-state index in [0.29, 0.717) is 18.8 Å². The number of nitrogens with zero attached hydrogens (tertiary/aromatic N) is 2. The minimum atomic E-state index is -0.762. The van der Waals surface area contributed by atoms with Gasteiger partial charge in [0.2, 0.25) is 5.91 Å². The lowest BCUT2D eigenvalue weighted by atomic mass is 9.81. The molecule has 2 aliphatic carbocycles. The molecule has 6 heteroatoms. The van der Waals surface area contributed by atoms with Gasteiger partial charge in [0.15, 0.2) is 0 Å². The molecule has 3 fully saturated rings. The van der Waals surface area contributed by atoms with E-state index in [-0.39, 0.29) is 24.4 Å². The first kappa shape index (κ1) is 19.9. The summed E-state index contributed by atoms with van der Waals surface area (Å²) in [5.74, 6) is 0.189. The summed E-state index contributed by atoms with van der Waals surface area (Å²) >= 11 is 0. The van der Waals surface area contributed by atoms with Crippen molar-refractivity contribution in [1.82, 2.24) is 15.1 Å². The topological polar surface area (TPSA) is 69.7 Å². The molecule has 2 saturated carbocycles. The monoisotopic (exact) mass is 397 g/mol. The molecule has 1 aromatic rings. The molecule has 156 valence electrons. The van der Waals surface area contributed by atoms with E-state index in [9.17, 15) is 14.4 Å². The number of benzene rings is 1. The van der Waals surface area contributed by atoms with Crippen molar-refractivity contribution in [2.75, 3.05) is 13.6 Å². The molecule has 3 aliphatic rings. The Balaban J connectivity index is 1.33. The van der Waals surface area contributed by atoms with Gasteiger partial charge in [-0.2, -0.15) is 0 Å². The van der Waals surface area contributed by atoms with Crippen molar-refractivity contribution < 1.29 is 14.4 Å². The first-order chi connectivity index (χ1) is 14.0. The van der Waals surface area contributed by atoms with Gasteiger partial charge in [0.05, 0.1) is 0 Å². The van der Waals surface area contributed by atoms with Crippen LogP contribution in [0.3, 0.4) is 0 Å². The van der Waals surface area contributed by atoms with Crippen LogP contribution in [-0.4, -0.2) is 52.8 Å². The average molecular weight is 398 g/mol. The highest BCUT2D eigenvalue weighted by molar-refractivity contribution is 6.09. The molecule has 0 radical (unpaired) electrons. The van der Waals surface area contributed by atoms with Crippen molar-refractivity contribution >= 4 is 17.8 Å². The quantitative estimate of drug-likeness (QED) is 0.792. The lowest BCUT2D eigenvalue weighted by Gasteiger charge is -2.35. The summed E-state index contributed by atoms with van der Waals surface area (Å²) in [5, 5.41) is 2.88. The van der Waals surface area contributed by atoms with Crippen LogP contribution >= 0.6 is 0 Å². The van der Waals surface area contributed by atoms with Crippen LogP contribution in [-0.2, 0) is 9.59 Å². The van der Waals surface area contributed by atoms with Crippen LogP contribution in [0.4, 0.5) is 4.79 Å². The summed E-state index contributed by atoms with van der Waals surface area (Å²) in [4.78, 5) is 41.1. The van der Waals surface area contributed by atoms with Crippen LogP contribution < -0.4 is 5.32 Å². The number of carbonyl (C=O) groups is 3. The molecule has 1 saturated heterocycles. The van der Waals surface area contributed by atoms with Gasteiger partial charge in [-0.3, -0.25) is 14.5 Å². The molecule has 0 unspecified atom stereocenters. The minimum Gasteiger partial charge on any atom is -0.341 e. The fourth-order valence-electron chi connectivity index (χ4n) is 5.29. The predicted octanol–water partition coefficient (Wildman–Crippen LogP) is 3.43. The van der Waals surface area contributed by atoms with Crippen molar-refractivity contribution in [2.45, 2.75) is 75.3 Å². The molecule has 1 N–H and O–H groups in total. The lowest BCUT2D eigenvalue weighted by Crippen LogP contribution is -2.49. The molecule has 4 rings (SSSR count). The van der Waals surface area contributed by atoms with Crippen molar-refractivity contribution in [3.8, 4) is 0 Å². The van der Waals surface area contributed by atoms with Crippen LogP contribution in [0.25, 0.3) is 0 Å². The van der Waals surface area contributed by atoms with Gasteiger partial charge in [-0.05, 0) is 50.0 Å². The van der Waals surface area contributed by atoms with Gasteiger partial charge in [-0.25, -0.2) is 4.79 Å². The zero-order chi connectivity index (χ0) is 20.4. The van der Waals surface area contributed by atoms with Gasteiger partial charge in [0.25, 0.3) is 5.91 Å². The van der Waals surface area contributed by atoms with E-state index in [4.69, 9.17) is 0 Å². The van der Waals surface area contributed by atoms with Crippen LogP contribution in [0.5, 0.6) is 0 Å². The Labute approximate surface area is 172 Å². The van der Waals surface area contributed by atoms with Gasteiger partial charge in [-0.1, -0.05) is 49.6 Å². The molecule has 0 aromatic heterocycles. The van der Waals surface area contributed by atoms with E-state index in [2.05, 4.69) is 29.6 Å². The maximum atomic E-state index is 12.9. The maximum Gasteiger partial charge on any atom is 0.325 e. The third-order valence-electron chi connectivity index (χ3n) is 7.16. The lowest BCUT2D eigenvalue weighted by molar-refractivity contribution is -0.140. The molecule has 1 aliphatic heterocycles. The number of carbonyl (C=O) groups excluding carboxylic acids is 3. The smallest absolute Gasteiger partial charge is 0.325 e. The van der Waals surface area contributed by atoms with E-state index in [1.54, 1.807) is 4.90 Å². The van der Waals surface area contributed by atoms with Crippen molar-refractivity contribution in [3.05, 3.63) is 35.9 Å². The van der Waals surface area contributed by atoms with Crippen LogP contribution in [0.2, 0.25) is 0 Å². The van der Waals surface area contributed by atoms with Gasteiger partial charge in [-0.15, -0.1) is 0 Å². The van der Waals surface area contributed by atoms with E-state index >= 15 is 0 Å². The fourth-order valence-corrected chi connectivity index (χ4v) is 5.29. The Kier molecular flexibility index (Phi) is 5.61. The fraction of sp³-hybridized carbons (Fsp3) is 0.609. The van der Waals surface area contributed by atoms with Crippen LogP contribution in [0, 0.1) is 0 Å². The summed E-state index contributed by atoms with van der Waals surface area (Å²) in [7, 11) is 1.81. The first-order valence-corrected chi connectivity index (χ1v) is 10.9. The van der Waals surface area contributed by atoms with Gasteiger partial charge < -0.3 is 10.2 Å². The summed E-state index contributed by atoms with van der Waals surface area (Å²) in [6.45, 7) is -0.151. The maximum absolute atomic E-state index is 12.9. The molecular weight excluding hydrogens is 366 g/mol. The predicted molar refractivity (Wildman–Crippen MR) is 110 cm³/mol. The highest BCUT2D eigenvalue weighted by Crippen LogP contribution is 2.35. The molecule has 0 bridgehead atoms. The van der Waals surface area contributed by atoms with Crippen LogP contribution in [0.15, 0.2) is 30.3 Å². The number of likely N-dealkylation sites (N-methyl/N-ethyl adjacent to an activating group) is 1. The second-order valence-corrected chi connectivity index (χ2v) is 8.88. The standard InChI is InChI=1S/C23H31N3O3/c1-25(19-12-10-18(11-13-19)17-8-4-2-5-9-17)20(27)16-26-21(28)23(24-22(26)29)14-6-3-7-15-23/h2,4-5,8-9,18-19H,3,6-7,10-16H2,1H3,(H,24,29). The summed E-state index contributed by atoms with van der Waals surface area (Å²) in [6.07, 6.45) is 8.35. The van der Waals surface area contributed by atoms with E-state index < -0.39 is 11.6 Å². The third-order valence-corrected chi connectivity index (χ3v) is 7.16. The molecule has 1 heterocycles. The van der Waals surface area contributed by atoms with Gasteiger partial charge >= 0.3 is 6.03 Å². The highest BCUT2D eigenvalue weighted by Gasteiger charge is 2.51. The van der Waals surface area contributed by atoms with E-state index in [0.717, 1.165) is 49.8 Å². The average Bonchev–Trinajstić information content (AvgIpc) is 2.98. The second kappa shape index (κ2) is 8.17. The second-order valence-electron chi connectivity index (χ2n) is 8.88. The zero-order valence-electron chi connectivity index (χ0n) is 17.2. The summed E-state index contributed by atoms with van der Waals surface area (Å²) in [6, 6.07) is 10.3. The molecule has 4 amide bonds. The summed E-state index contributed by atoms with van der Waals surface area (Å²) in [5.41, 5.74) is 0.610. The third kappa shape index (κ3) is 3.89. The number of rotatable bonds is 4. The number of nitrogens with one attached hydrogen (secondary N) is 1.